The number of aromatic amines is 1. The molecule has 5 rings (SSSR count). The van der Waals surface area contributed by atoms with Crippen LogP contribution in [-0.2, 0) is 16.8 Å². The number of hydrogen-bond acceptors (Lipinski definition) is 4. The molecule has 2 aliphatic heterocycles. The van der Waals surface area contributed by atoms with Crippen LogP contribution in [0.2, 0.25) is 0 Å². The molecule has 0 saturated carbocycles. The third kappa shape index (κ3) is 2.32. The highest BCUT2D eigenvalue weighted by Crippen LogP contribution is 2.46. The summed E-state index contributed by atoms with van der Waals surface area (Å²) < 4.78 is 11.1. The summed E-state index contributed by atoms with van der Waals surface area (Å²) in [4.78, 5) is 33.5. The summed E-state index contributed by atoms with van der Waals surface area (Å²) in [6.45, 7) is 4.61. The van der Waals surface area contributed by atoms with Crippen molar-refractivity contribution < 1.29 is 19.1 Å². The molecule has 30 heavy (non-hydrogen) atoms. The maximum atomic E-state index is 13.8. The molecule has 7 nitrogen and oxygen atoms in total. The molecule has 3 heterocycles. The smallest absolute Gasteiger partial charge is 0.332 e. The zero-order chi connectivity index (χ0) is 21.0. The van der Waals surface area contributed by atoms with E-state index >= 15 is 0 Å². The SMILES string of the molecule is CCOc1ccccc1N1C(=O)N2CCc3c([nH]c4ccc(OC)cc34)[C@]2(C)C1=O. The summed E-state index contributed by atoms with van der Waals surface area (Å²) in [6.07, 6.45) is 0.665. The maximum Gasteiger partial charge on any atom is 0.332 e. The van der Waals surface area contributed by atoms with Gasteiger partial charge >= 0.3 is 6.03 Å². The molecule has 0 unspecified atom stereocenters. The molecular weight excluding hydrogens is 382 g/mol. The Hall–Kier alpha value is -3.48. The van der Waals surface area contributed by atoms with Gasteiger partial charge in [-0.25, -0.2) is 9.69 Å². The van der Waals surface area contributed by atoms with Gasteiger partial charge in [-0.15, -0.1) is 0 Å². The molecule has 2 aliphatic rings. The van der Waals surface area contributed by atoms with Crippen LogP contribution in [-0.4, -0.2) is 42.1 Å². The average Bonchev–Trinajstić information content (AvgIpc) is 3.22. The minimum Gasteiger partial charge on any atom is -0.497 e. The number of benzene rings is 2. The molecule has 0 aliphatic carbocycles. The van der Waals surface area contributed by atoms with Crippen molar-refractivity contribution in [2.45, 2.75) is 25.8 Å². The van der Waals surface area contributed by atoms with Gasteiger partial charge in [0, 0.05) is 17.4 Å². The van der Waals surface area contributed by atoms with E-state index in [0.717, 1.165) is 27.9 Å². The number of rotatable bonds is 4. The molecule has 1 aromatic heterocycles. The minimum absolute atomic E-state index is 0.279. The van der Waals surface area contributed by atoms with E-state index in [-0.39, 0.29) is 11.9 Å². The third-order valence-corrected chi connectivity index (χ3v) is 6.17. The number of nitrogens with zero attached hydrogens (tertiary/aromatic N) is 2. The zero-order valence-electron chi connectivity index (χ0n) is 17.2. The van der Waals surface area contributed by atoms with E-state index < -0.39 is 5.54 Å². The van der Waals surface area contributed by atoms with E-state index in [1.54, 1.807) is 30.2 Å². The van der Waals surface area contributed by atoms with Crippen LogP contribution in [0.15, 0.2) is 42.5 Å². The first-order valence-electron chi connectivity index (χ1n) is 10.1. The molecule has 1 atom stereocenters. The predicted octanol–water partition coefficient (Wildman–Crippen LogP) is 3.82. The summed E-state index contributed by atoms with van der Waals surface area (Å²) in [5, 5.41) is 1.03. The standard InChI is InChI=1S/C23H23N3O4/c1-4-30-19-8-6-5-7-18(19)26-21(27)23(2)20-15(11-12-25(23)22(26)28)16-13-14(29-3)9-10-17(16)24-20/h5-10,13,24H,4,11-12H2,1-3H3/t23-/m1/s1. The normalized spacial score (nSPS) is 20.5. The highest BCUT2D eigenvalue weighted by Gasteiger charge is 2.59. The van der Waals surface area contributed by atoms with Crippen LogP contribution in [0.4, 0.5) is 10.5 Å². The van der Waals surface area contributed by atoms with E-state index in [1.165, 1.54) is 4.90 Å². The number of imide groups is 1. The van der Waals surface area contributed by atoms with Crippen LogP contribution in [0.1, 0.15) is 25.1 Å². The molecule has 7 heteroatoms. The number of nitrogens with one attached hydrogen (secondary N) is 1. The van der Waals surface area contributed by atoms with E-state index in [9.17, 15) is 9.59 Å². The first-order chi connectivity index (χ1) is 14.5. The van der Waals surface area contributed by atoms with Gasteiger partial charge in [-0.1, -0.05) is 12.1 Å². The van der Waals surface area contributed by atoms with Crippen LogP contribution in [0.25, 0.3) is 10.9 Å². The van der Waals surface area contributed by atoms with E-state index in [4.69, 9.17) is 9.47 Å². The number of amides is 3. The summed E-state index contributed by atoms with van der Waals surface area (Å²) in [5.41, 5.74) is 2.13. The number of para-hydroxylation sites is 2. The lowest BCUT2D eigenvalue weighted by Gasteiger charge is -2.35. The topological polar surface area (TPSA) is 74.9 Å². The fourth-order valence-corrected chi connectivity index (χ4v) is 4.68. The Kier molecular flexibility index (Phi) is 4.03. The number of hydrogen-bond donors (Lipinski definition) is 1. The number of urea groups is 1. The highest BCUT2D eigenvalue weighted by molar-refractivity contribution is 6.24. The van der Waals surface area contributed by atoms with E-state index in [2.05, 4.69) is 4.98 Å². The van der Waals surface area contributed by atoms with Gasteiger partial charge in [-0.05, 0) is 56.2 Å². The molecule has 1 fully saturated rings. The van der Waals surface area contributed by atoms with Gasteiger partial charge in [0.2, 0.25) is 0 Å². The summed E-state index contributed by atoms with van der Waals surface area (Å²) in [6, 6.07) is 12.7. The Bertz CT molecular complexity index is 1180. The molecule has 3 aromatic rings. The van der Waals surface area contributed by atoms with E-state index in [0.29, 0.717) is 31.0 Å². The molecular formula is C23H23N3O4. The summed E-state index contributed by atoms with van der Waals surface area (Å²) >= 11 is 0. The number of carbonyl (C=O) groups is 2. The fourth-order valence-electron chi connectivity index (χ4n) is 4.68. The number of aromatic nitrogens is 1. The number of carbonyl (C=O) groups excluding carboxylic acids is 2. The van der Waals surface area contributed by atoms with Crippen LogP contribution in [0, 0.1) is 0 Å². The fraction of sp³-hybridized carbons (Fsp3) is 0.304. The lowest BCUT2D eigenvalue weighted by Crippen LogP contribution is -2.49. The second kappa shape index (κ2) is 6.52. The van der Waals surface area contributed by atoms with Gasteiger partial charge in [0.25, 0.3) is 5.91 Å². The van der Waals surface area contributed by atoms with Gasteiger partial charge in [0.1, 0.15) is 11.5 Å². The molecule has 1 saturated heterocycles. The monoisotopic (exact) mass is 405 g/mol. The van der Waals surface area contributed by atoms with Gasteiger partial charge in [0.05, 0.1) is 25.1 Å². The molecule has 0 spiro atoms. The largest absolute Gasteiger partial charge is 0.497 e. The van der Waals surface area contributed by atoms with Gasteiger partial charge in [-0.2, -0.15) is 0 Å². The summed E-state index contributed by atoms with van der Waals surface area (Å²) in [7, 11) is 1.64. The van der Waals surface area contributed by atoms with Crippen molar-refractivity contribution in [1.29, 1.82) is 0 Å². The Balaban J connectivity index is 1.66. The molecule has 0 bridgehead atoms. The van der Waals surface area contributed by atoms with Gasteiger partial charge in [0.15, 0.2) is 5.54 Å². The highest BCUT2D eigenvalue weighted by atomic mass is 16.5. The van der Waals surface area contributed by atoms with Crippen LogP contribution < -0.4 is 14.4 Å². The quantitative estimate of drug-likeness (QED) is 0.670. The molecule has 2 aromatic carbocycles. The molecule has 1 N–H and O–H groups in total. The predicted molar refractivity (Wildman–Crippen MR) is 113 cm³/mol. The lowest BCUT2D eigenvalue weighted by atomic mass is 9.87. The van der Waals surface area contributed by atoms with Crippen molar-refractivity contribution in [2.24, 2.45) is 0 Å². The van der Waals surface area contributed by atoms with Crippen LogP contribution in [0.3, 0.4) is 0 Å². The number of anilines is 1. The maximum absolute atomic E-state index is 13.8. The Morgan fingerprint density at radius 3 is 2.73 bits per heavy atom. The molecule has 0 radical (unpaired) electrons. The van der Waals surface area contributed by atoms with Crippen molar-refractivity contribution in [3.8, 4) is 11.5 Å². The second-order valence-corrected chi connectivity index (χ2v) is 7.69. The van der Waals surface area contributed by atoms with Gasteiger partial charge in [-0.3, -0.25) is 4.79 Å². The molecule has 3 amide bonds. The van der Waals surface area contributed by atoms with Crippen molar-refractivity contribution in [2.75, 3.05) is 25.2 Å². The molecule has 154 valence electrons. The first kappa shape index (κ1) is 18.5. The van der Waals surface area contributed by atoms with Crippen molar-refractivity contribution in [1.82, 2.24) is 9.88 Å². The van der Waals surface area contributed by atoms with E-state index in [1.807, 2.05) is 38.1 Å². The number of H-pyrrole nitrogens is 1. The Morgan fingerprint density at radius 1 is 1.17 bits per heavy atom. The second-order valence-electron chi connectivity index (χ2n) is 7.69. The average molecular weight is 405 g/mol. The minimum atomic E-state index is -1.10. The van der Waals surface area contributed by atoms with Crippen LogP contribution >= 0.6 is 0 Å². The third-order valence-electron chi connectivity index (χ3n) is 6.17. The lowest BCUT2D eigenvalue weighted by molar-refractivity contribution is -0.125. The first-order valence-corrected chi connectivity index (χ1v) is 10.1. The van der Waals surface area contributed by atoms with Crippen LogP contribution in [0.5, 0.6) is 11.5 Å². The van der Waals surface area contributed by atoms with Crippen molar-refractivity contribution in [3.05, 3.63) is 53.7 Å². The zero-order valence-corrected chi connectivity index (χ0v) is 17.2. The summed E-state index contributed by atoms with van der Waals surface area (Å²) in [5.74, 6) is 1.00. The van der Waals surface area contributed by atoms with Crippen molar-refractivity contribution in [3.63, 3.8) is 0 Å². The number of methoxy groups -OCH3 is 1. The Labute approximate surface area is 174 Å². The van der Waals surface area contributed by atoms with Crippen molar-refractivity contribution >= 4 is 28.5 Å². The number of fused-ring (bicyclic) bond motifs is 5. The van der Waals surface area contributed by atoms with Gasteiger partial charge < -0.3 is 19.4 Å². The Morgan fingerprint density at radius 2 is 1.97 bits per heavy atom. The number of ether oxygens (including phenoxy) is 2.